The van der Waals surface area contributed by atoms with Gasteiger partial charge in [-0.2, -0.15) is 5.26 Å². The number of benzene rings is 1. The van der Waals surface area contributed by atoms with Crippen molar-refractivity contribution in [3.05, 3.63) is 35.9 Å². The number of amides is 1. The summed E-state index contributed by atoms with van der Waals surface area (Å²) < 4.78 is 26.4. The second kappa shape index (κ2) is 8.78. The van der Waals surface area contributed by atoms with E-state index in [4.69, 9.17) is 5.26 Å². The average Bonchev–Trinajstić information content (AvgIpc) is 3.07. The number of nitrogens with one attached hydrogen (secondary N) is 2. The van der Waals surface area contributed by atoms with Gasteiger partial charge >= 0.3 is 0 Å². The highest BCUT2D eigenvalue weighted by Gasteiger charge is 2.27. The highest BCUT2D eigenvalue weighted by atomic mass is 32.2. The van der Waals surface area contributed by atoms with Crippen LogP contribution in [-0.4, -0.2) is 50.7 Å². The predicted octanol–water partition coefficient (Wildman–Crippen LogP) is 0.210. The molecule has 0 aliphatic carbocycles. The smallest absolute Gasteiger partial charge is 0.237 e. The fourth-order valence-corrected chi connectivity index (χ4v) is 3.51. The lowest BCUT2D eigenvalue weighted by Gasteiger charge is -2.19. The van der Waals surface area contributed by atoms with Gasteiger partial charge in [0, 0.05) is 19.6 Å². The number of sulfonamides is 1. The molecule has 2 rings (SSSR count). The maximum atomic E-state index is 12.0. The largest absolute Gasteiger partial charge is 0.326 e. The van der Waals surface area contributed by atoms with E-state index in [1.54, 1.807) is 4.90 Å². The molecule has 1 amide bonds. The Morgan fingerprint density at radius 2 is 2.08 bits per heavy atom. The summed E-state index contributed by atoms with van der Waals surface area (Å²) in [6.45, 7) is 1.07. The first-order valence-electron chi connectivity index (χ1n) is 7.93. The lowest BCUT2D eigenvalue weighted by Crippen LogP contribution is -2.42. The van der Waals surface area contributed by atoms with Crippen molar-refractivity contribution in [2.24, 2.45) is 0 Å². The van der Waals surface area contributed by atoms with Crippen molar-refractivity contribution >= 4 is 15.9 Å². The molecular weight excluding hydrogens is 328 g/mol. The van der Waals surface area contributed by atoms with Gasteiger partial charge < -0.3 is 10.2 Å². The van der Waals surface area contributed by atoms with Crippen LogP contribution in [0.3, 0.4) is 0 Å². The third-order valence-electron chi connectivity index (χ3n) is 3.88. The molecule has 24 heavy (non-hydrogen) atoms. The first-order valence-corrected chi connectivity index (χ1v) is 9.58. The summed E-state index contributed by atoms with van der Waals surface area (Å²) in [5, 5.41) is 11.8. The van der Waals surface area contributed by atoms with Crippen molar-refractivity contribution in [1.29, 1.82) is 5.26 Å². The van der Waals surface area contributed by atoms with Crippen molar-refractivity contribution in [1.82, 2.24) is 14.9 Å². The van der Waals surface area contributed by atoms with Crippen LogP contribution in [0.2, 0.25) is 0 Å². The van der Waals surface area contributed by atoms with Crippen LogP contribution >= 0.6 is 0 Å². The van der Waals surface area contributed by atoms with E-state index in [0.29, 0.717) is 13.0 Å². The van der Waals surface area contributed by atoms with Crippen LogP contribution < -0.4 is 10.0 Å². The molecule has 0 radical (unpaired) electrons. The van der Waals surface area contributed by atoms with Crippen molar-refractivity contribution in [3.8, 4) is 6.07 Å². The second-order valence-corrected chi connectivity index (χ2v) is 7.60. The molecule has 1 aromatic rings. The first kappa shape index (κ1) is 18.4. The van der Waals surface area contributed by atoms with E-state index in [1.165, 1.54) is 0 Å². The Morgan fingerprint density at radius 1 is 1.33 bits per heavy atom. The molecule has 2 N–H and O–H groups in total. The van der Waals surface area contributed by atoms with Gasteiger partial charge in [-0.25, -0.2) is 13.1 Å². The molecule has 1 aromatic carbocycles. The Hall–Kier alpha value is -1.95. The SMILES string of the molecule is N#C[C@@H]1CCCN1C(=O)CNCCS(=O)(=O)NCc1ccccc1. The molecule has 1 atom stereocenters. The molecule has 0 spiro atoms. The molecule has 7 nitrogen and oxygen atoms in total. The third kappa shape index (κ3) is 5.60. The number of carbonyl (C=O) groups excluding carboxylic acids is 1. The van der Waals surface area contributed by atoms with Crippen LogP contribution in [0.4, 0.5) is 0 Å². The number of rotatable bonds is 8. The van der Waals surface area contributed by atoms with Gasteiger partial charge in [-0.3, -0.25) is 4.79 Å². The maximum Gasteiger partial charge on any atom is 0.237 e. The monoisotopic (exact) mass is 350 g/mol. The van der Waals surface area contributed by atoms with Crippen LogP contribution in [0.25, 0.3) is 0 Å². The van der Waals surface area contributed by atoms with E-state index in [0.717, 1.165) is 12.0 Å². The highest BCUT2D eigenvalue weighted by molar-refractivity contribution is 7.89. The molecule has 0 saturated carbocycles. The molecule has 0 bridgehead atoms. The molecule has 1 heterocycles. The zero-order valence-electron chi connectivity index (χ0n) is 13.4. The lowest BCUT2D eigenvalue weighted by atomic mass is 10.2. The van der Waals surface area contributed by atoms with Crippen LogP contribution in [0.15, 0.2) is 30.3 Å². The van der Waals surface area contributed by atoms with Crippen molar-refractivity contribution in [2.45, 2.75) is 25.4 Å². The van der Waals surface area contributed by atoms with Gasteiger partial charge in [0.15, 0.2) is 0 Å². The number of nitrogens with zero attached hydrogens (tertiary/aromatic N) is 2. The maximum absolute atomic E-state index is 12.0. The molecule has 1 aliphatic rings. The fourth-order valence-electron chi connectivity index (χ4n) is 2.56. The minimum Gasteiger partial charge on any atom is -0.326 e. The Bertz CT molecular complexity index is 685. The molecular formula is C16H22N4O3S. The summed E-state index contributed by atoms with van der Waals surface area (Å²) in [7, 11) is -3.40. The Morgan fingerprint density at radius 3 is 2.79 bits per heavy atom. The third-order valence-corrected chi connectivity index (χ3v) is 5.21. The summed E-state index contributed by atoms with van der Waals surface area (Å²) in [5.74, 6) is -0.261. The molecule has 1 fully saturated rings. The Balaban J connectivity index is 1.67. The van der Waals surface area contributed by atoms with Gasteiger partial charge in [-0.15, -0.1) is 0 Å². The molecule has 8 heteroatoms. The fraction of sp³-hybridized carbons (Fsp3) is 0.500. The van der Waals surface area contributed by atoms with E-state index >= 15 is 0 Å². The van der Waals surface area contributed by atoms with Crippen molar-refractivity contribution in [2.75, 3.05) is 25.4 Å². The Labute approximate surface area is 142 Å². The van der Waals surface area contributed by atoms with Gasteiger partial charge in [-0.1, -0.05) is 30.3 Å². The normalized spacial score (nSPS) is 17.6. The summed E-state index contributed by atoms with van der Waals surface area (Å²) in [6.07, 6.45) is 1.54. The van der Waals surface area contributed by atoms with Gasteiger partial charge in [0.25, 0.3) is 0 Å². The molecule has 130 valence electrons. The van der Waals surface area contributed by atoms with Crippen LogP contribution in [-0.2, 0) is 21.4 Å². The van der Waals surface area contributed by atoms with Gasteiger partial charge in [0.1, 0.15) is 6.04 Å². The summed E-state index contributed by atoms with van der Waals surface area (Å²) >= 11 is 0. The number of hydrogen-bond acceptors (Lipinski definition) is 5. The molecule has 1 saturated heterocycles. The molecule has 1 aliphatic heterocycles. The molecule has 0 unspecified atom stereocenters. The lowest BCUT2D eigenvalue weighted by molar-refractivity contribution is -0.130. The standard InChI is InChI=1S/C16H22N4O3S/c17-11-15-7-4-9-20(15)16(21)13-18-8-10-24(22,23)19-12-14-5-2-1-3-6-14/h1-3,5-6,15,18-19H,4,7-10,12-13H2/t15-/m0/s1. The topological polar surface area (TPSA) is 102 Å². The highest BCUT2D eigenvalue weighted by Crippen LogP contribution is 2.15. The predicted molar refractivity (Wildman–Crippen MR) is 90.3 cm³/mol. The zero-order valence-corrected chi connectivity index (χ0v) is 14.3. The Kier molecular flexibility index (Phi) is 6.73. The van der Waals surface area contributed by atoms with E-state index in [2.05, 4.69) is 16.1 Å². The average molecular weight is 350 g/mol. The van der Waals surface area contributed by atoms with Crippen molar-refractivity contribution < 1.29 is 13.2 Å². The quantitative estimate of drug-likeness (QED) is 0.653. The van der Waals surface area contributed by atoms with Crippen LogP contribution in [0, 0.1) is 11.3 Å². The molecule has 0 aromatic heterocycles. The van der Waals surface area contributed by atoms with Crippen molar-refractivity contribution in [3.63, 3.8) is 0 Å². The van der Waals surface area contributed by atoms with Gasteiger partial charge in [0.2, 0.25) is 15.9 Å². The summed E-state index contributed by atoms with van der Waals surface area (Å²) in [6, 6.07) is 11.0. The number of likely N-dealkylation sites (tertiary alicyclic amines) is 1. The number of nitriles is 1. The van der Waals surface area contributed by atoms with E-state index in [1.807, 2.05) is 30.3 Å². The van der Waals surface area contributed by atoms with Crippen LogP contribution in [0.1, 0.15) is 18.4 Å². The minimum atomic E-state index is -3.40. The number of carbonyl (C=O) groups is 1. The van der Waals surface area contributed by atoms with E-state index in [9.17, 15) is 13.2 Å². The second-order valence-electron chi connectivity index (χ2n) is 5.68. The van der Waals surface area contributed by atoms with E-state index < -0.39 is 10.0 Å². The van der Waals surface area contributed by atoms with Gasteiger partial charge in [-0.05, 0) is 18.4 Å². The van der Waals surface area contributed by atoms with Gasteiger partial charge in [0.05, 0.1) is 18.4 Å². The minimum absolute atomic E-state index is 0.0480. The summed E-state index contributed by atoms with van der Waals surface area (Å²) in [5.41, 5.74) is 0.890. The number of hydrogen-bond donors (Lipinski definition) is 2. The zero-order chi connectivity index (χ0) is 17.4. The van der Waals surface area contributed by atoms with E-state index in [-0.39, 0.29) is 37.3 Å². The first-order chi connectivity index (χ1) is 11.5. The van der Waals surface area contributed by atoms with Crippen LogP contribution in [0.5, 0.6) is 0 Å². The summed E-state index contributed by atoms with van der Waals surface area (Å²) in [4.78, 5) is 13.5.